The second kappa shape index (κ2) is 6.39. The molecule has 0 spiro atoms. The first-order valence-corrected chi connectivity index (χ1v) is 5.75. The molecule has 1 amide bonds. The smallest absolute Gasteiger partial charge is 0.223 e. The number of ether oxygens (including phenoxy) is 1. The van der Waals surface area contributed by atoms with E-state index in [1.54, 1.807) is 12.1 Å². The third-order valence-electron chi connectivity index (χ3n) is 2.36. The number of hydrogen-bond donors (Lipinski definition) is 2. The molecular weight excluding hydrogens is 248 g/mol. The Kier molecular flexibility index (Phi) is 4.33. The van der Waals surface area contributed by atoms with E-state index in [9.17, 15) is 4.79 Å². The quantitative estimate of drug-likeness (QED) is 0.744. The van der Waals surface area contributed by atoms with Gasteiger partial charge in [0, 0.05) is 0 Å². The summed E-state index contributed by atoms with van der Waals surface area (Å²) in [4.78, 5) is 15.3. The van der Waals surface area contributed by atoms with Gasteiger partial charge in [0.05, 0.1) is 25.3 Å². The molecule has 0 bridgehead atoms. The molecule has 7 heteroatoms. The van der Waals surface area contributed by atoms with Crippen molar-refractivity contribution in [3.63, 3.8) is 0 Å². The summed E-state index contributed by atoms with van der Waals surface area (Å²) in [5.41, 5.74) is 6.26. The fourth-order valence-corrected chi connectivity index (χ4v) is 1.40. The zero-order chi connectivity index (χ0) is 13.5. The molecule has 0 unspecified atom stereocenters. The summed E-state index contributed by atoms with van der Waals surface area (Å²) in [5.74, 6) is 0.856. The molecule has 0 saturated carbocycles. The maximum atomic E-state index is 11.5. The minimum absolute atomic E-state index is 0.153. The van der Waals surface area contributed by atoms with Crippen LogP contribution in [0.3, 0.4) is 0 Å². The molecule has 1 aromatic heterocycles. The first kappa shape index (κ1) is 12.9. The van der Waals surface area contributed by atoms with Crippen LogP contribution in [-0.4, -0.2) is 22.7 Å². The van der Waals surface area contributed by atoms with Crippen LogP contribution in [-0.2, 0) is 11.3 Å². The van der Waals surface area contributed by atoms with E-state index >= 15 is 0 Å². The number of benzene rings is 1. The Morgan fingerprint density at radius 2 is 2.26 bits per heavy atom. The van der Waals surface area contributed by atoms with Crippen LogP contribution >= 0.6 is 0 Å². The van der Waals surface area contributed by atoms with Gasteiger partial charge in [0.1, 0.15) is 5.75 Å². The Morgan fingerprint density at radius 1 is 1.42 bits per heavy atom. The Hall–Kier alpha value is -2.57. The number of amides is 1. The number of hydrogen-bond acceptors (Lipinski definition) is 6. The van der Waals surface area contributed by atoms with Crippen molar-refractivity contribution >= 4 is 11.6 Å². The Bertz CT molecular complexity index is 528. The number of nitrogen functional groups attached to an aromatic ring is 1. The van der Waals surface area contributed by atoms with E-state index in [0.29, 0.717) is 17.3 Å². The van der Waals surface area contributed by atoms with Crippen LogP contribution in [0, 0.1) is 0 Å². The summed E-state index contributed by atoms with van der Waals surface area (Å²) in [6.07, 6.45) is 1.44. The predicted molar refractivity (Wildman–Crippen MR) is 67.1 cm³/mol. The van der Waals surface area contributed by atoms with Gasteiger partial charge in [-0.15, -0.1) is 0 Å². The number of nitrogens with zero attached hydrogens (tertiary/aromatic N) is 2. The van der Waals surface area contributed by atoms with Crippen molar-refractivity contribution in [3.05, 3.63) is 36.5 Å². The molecule has 0 aliphatic rings. The maximum Gasteiger partial charge on any atom is 0.223 e. The SMILES string of the molecule is Nc1ccccc1OCCC(=O)NCc1ncon1. The van der Waals surface area contributed by atoms with Crippen LogP contribution in [0.15, 0.2) is 35.2 Å². The molecule has 0 radical (unpaired) electrons. The Morgan fingerprint density at radius 3 is 3.00 bits per heavy atom. The molecule has 3 N–H and O–H groups in total. The number of nitrogens with two attached hydrogens (primary N) is 1. The van der Waals surface area contributed by atoms with E-state index in [0.717, 1.165) is 0 Å². The summed E-state index contributed by atoms with van der Waals surface area (Å²) in [5, 5.41) is 6.23. The van der Waals surface area contributed by atoms with Crippen molar-refractivity contribution in [1.29, 1.82) is 0 Å². The van der Waals surface area contributed by atoms with Gasteiger partial charge in [0.25, 0.3) is 0 Å². The monoisotopic (exact) mass is 262 g/mol. The van der Waals surface area contributed by atoms with Gasteiger partial charge >= 0.3 is 0 Å². The number of anilines is 1. The summed E-state index contributed by atoms with van der Waals surface area (Å²) in [6, 6.07) is 7.14. The van der Waals surface area contributed by atoms with Crippen molar-refractivity contribution < 1.29 is 14.1 Å². The molecule has 1 heterocycles. The van der Waals surface area contributed by atoms with E-state index in [4.69, 9.17) is 10.5 Å². The third kappa shape index (κ3) is 3.98. The summed E-state index contributed by atoms with van der Waals surface area (Å²) >= 11 is 0. The third-order valence-corrected chi connectivity index (χ3v) is 2.36. The van der Waals surface area contributed by atoms with Crippen molar-refractivity contribution in [3.8, 4) is 5.75 Å². The zero-order valence-electron chi connectivity index (χ0n) is 10.2. The van der Waals surface area contributed by atoms with Gasteiger partial charge < -0.3 is 20.3 Å². The van der Waals surface area contributed by atoms with E-state index in [2.05, 4.69) is 20.0 Å². The highest BCUT2D eigenvalue weighted by Crippen LogP contribution is 2.19. The molecule has 100 valence electrons. The number of carbonyl (C=O) groups excluding carboxylic acids is 1. The van der Waals surface area contributed by atoms with Crippen molar-refractivity contribution in [2.45, 2.75) is 13.0 Å². The van der Waals surface area contributed by atoms with Crippen molar-refractivity contribution in [1.82, 2.24) is 15.5 Å². The fraction of sp³-hybridized carbons (Fsp3) is 0.250. The van der Waals surface area contributed by atoms with Crippen LogP contribution < -0.4 is 15.8 Å². The molecule has 1 aromatic carbocycles. The average Bonchev–Trinajstić information content (AvgIpc) is 2.92. The molecule has 19 heavy (non-hydrogen) atoms. The zero-order valence-corrected chi connectivity index (χ0v) is 10.2. The lowest BCUT2D eigenvalue weighted by molar-refractivity contribution is -0.121. The van der Waals surface area contributed by atoms with E-state index in [-0.39, 0.29) is 25.5 Å². The lowest BCUT2D eigenvalue weighted by atomic mass is 10.3. The van der Waals surface area contributed by atoms with Gasteiger partial charge in [0.2, 0.25) is 12.3 Å². The number of carbonyl (C=O) groups is 1. The lowest BCUT2D eigenvalue weighted by Crippen LogP contribution is -2.25. The molecular formula is C12H14N4O3. The van der Waals surface area contributed by atoms with Gasteiger partial charge in [-0.05, 0) is 12.1 Å². The van der Waals surface area contributed by atoms with Gasteiger partial charge in [-0.25, -0.2) is 0 Å². The largest absolute Gasteiger partial charge is 0.491 e. The van der Waals surface area contributed by atoms with Gasteiger partial charge in [0.15, 0.2) is 5.82 Å². The van der Waals surface area contributed by atoms with E-state index in [1.807, 2.05) is 12.1 Å². The molecule has 0 fully saturated rings. The first-order valence-electron chi connectivity index (χ1n) is 5.75. The number of para-hydroxylation sites is 2. The molecule has 0 atom stereocenters. The summed E-state index contributed by atoms with van der Waals surface area (Å²) in [7, 11) is 0. The molecule has 7 nitrogen and oxygen atoms in total. The Balaban J connectivity index is 1.68. The average molecular weight is 262 g/mol. The van der Waals surface area contributed by atoms with Crippen molar-refractivity contribution in [2.75, 3.05) is 12.3 Å². The molecule has 0 saturated heterocycles. The lowest BCUT2D eigenvalue weighted by Gasteiger charge is -2.08. The molecule has 0 aliphatic heterocycles. The van der Waals surface area contributed by atoms with Crippen LogP contribution in [0.25, 0.3) is 0 Å². The van der Waals surface area contributed by atoms with Crippen LogP contribution in [0.1, 0.15) is 12.2 Å². The van der Waals surface area contributed by atoms with E-state index in [1.165, 1.54) is 6.39 Å². The number of aromatic nitrogens is 2. The minimum atomic E-state index is -0.153. The highest BCUT2D eigenvalue weighted by Gasteiger charge is 2.05. The first-order chi connectivity index (χ1) is 9.25. The standard InChI is InChI=1S/C12H14N4O3/c13-9-3-1-2-4-10(9)18-6-5-12(17)14-7-11-15-8-19-16-11/h1-4,8H,5-7,13H2,(H,14,17). The topological polar surface area (TPSA) is 103 Å². The normalized spacial score (nSPS) is 10.1. The molecule has 0 aliphatic carbocycles. The Labute approximate surface area is 109 Å². The van der Waals surface area contributed by atoms with Gasteiger partial charge in [-0.3, -0.25) is 4.79 Å². The van der Waals surface area contributed by atoms with Crippen molar-refractivity contribution in [2.24, 2.45) is 0 Å². The fourth-order valence-electron chi connectivity index (χ4n) is 1.40. The van der Waals surface area contributed by atoms with E-state index < -0.39 is 0 Å². The highest BCUT2D eigenvalue weighted by atomic mass is 16.5. The van der Waals surface area contributed by atoms with Gasteiger partial charge in [-0.2, -0.15) is 4.98 Å². The summed E-state index contributed by atoms with van der Waals surface area (Å²) < 4.78 is 9.96. The van der Waals surface area contributed by atoms with Gasteiger partial charge in [-0.1, -0.05) is 17.3 Å². The van der Waals surface area contributed by atoms with Crippen LogP contribution in [0.5, 0.6) is 5.75 Å². The molecule has 2 aromatic rings. The number of rotatable bonds is 6. The number of nitrogens with one attached hydrogen (secondary N) is 1. The second-order valence-corrected chi connectivity index (χ2v) is 3.76. The van der Waals surface area contributed by atoms with Crippen LogP contribution in [0.4, 0.5) is 5.69 Å². The summed E-state index contributed by atoms with van der Waals surface area (Å²) in [6.45, 7) is 0.495. The predicted octanol–water partition coefficient (Wildman–Crippen LogP) is 0.737. The molecule has 2 rings (SSSR count). The highest BCUT2D eigenvalue weighted by molar-refractivity contribution is 5.75. The minimum Gasteiger partial charge on any atom is -0.491 e. The van der Waals surface area contributed by atoms with Crippen LogP contribution in [0.2, 0.25) is 0 Å². The second-order valence-electron chi connectivity index (χ2n) is 3.76. The maximum absolute atomic E-state index is 11.5.